The molecule has 0 bridgehead atoms. The number of nitrogens with one attached hydrogen (secondary N) is 1. The van der Waals surface area contributed by atoms with Crippen molar-refractivity contribution in [2.75, 3.05) is 27.3 Å². The topological polar surface area (TPSA) is 69.4 Å². The van der Waals surface area contributed by atoms with Crippen molar-refractivity contribution in [2.24, 2.45) is 0 Å². The summed E-state index contributed by atoms with van der Waals surface area (Å²) < 4.78 is 57.5. The number of methoxy groups -OCH3 is 2. The van der Waals surface area contributed by atoms with Crippen LogP contribution in [-0.4, -0.2) is 43.6 Å². The van der Waals surface area contributed by atoms with Crippen molar-refractivity contribution < 1.29 is 27.2 Å². The number of halogens is 3. The lowest BCUT2D eigenvalue weighted by molar-refractivity contribution is -0.204. The molecule has 1 N–H and O–H groups in total. The van der Waals surface area contributed by atoms with Gasteiger partial charge in [-0.05, 0) is 57.5 Å². The molecule has 154 valence electrons. The summed E-state index contributed by atoms with van der Waals surface area (Å²) >= 11 is 0. The number of alkyl halides is 3. The fourth-order valence-electron chi connectivity index (χ4n) is 3.50. The van der Waals surface area contributed by atoms with Gasteiger partial charge in [-0.3, -0.25) is 0 Å². The Morgan fingerprint density at radius 3 is 2.29 bits per heavy atom. The molecule has 2 aromatic rings. The van der Waals surface area contributed by atoms with Crippen LogP contribution in [0.3, 0.4) is 0 Å². The van der Waals surface area contributed by atoms with E-state index >= 15 is 0 Å². The van der Waals surface area contributed by atoms with Crippen LogP contribution in [0, 0.1) is 0 Å². The lowest BCUT2D eigenvalue weighted by atomic mass is 9.77. The summed E-state index contributed by atoms with van der Waals surface area (Å²) in [5.41, 5.74) is -2.14. The highest BCUT2D eigenvalue weighted by molar-refractivity contribution is 5.46. The second kappa shape index (κ2) is 7.27. The Bertz CT molecular complexity index is 827. The van der Waals surface area contributed by atoms with Crippen molar-refractivity contribution in [3.63, 3.8) is 0 Å². The zero-order valence-electron chi connectivity index (χ0n) is 16.3. The van der Waals surface area contributed by atoms with Crippen molar-refractivity contribution in [3.8, 4) is 11.5 Å². The third kappa shape index (κ3) is 3.32. The van der Waals surface area contributed by atoms with Gasteiger partial charge in [0.25, 0.3) is 0 Å². The minimum Gasteiger partial charge on any atom is -0.493 e. The van der Waals surface area contributed by atoms with E-state index in [1.807, 2.05) is 13.8 Å². The Kier molecular flexibility index (Phi) is 5.31. The monoisotopic (exact) mass is 399 g/mol. The van der Waals surface area contributed by atoms with Gasteiger partial charge in [-0.15, -0.1) is 0 Å². The number of rotatable bonds is 5. The van der Waals surface area contributed by atoms with Crippen LogP contribution in [0.5, 0.6) is 11.5 Å². The largest absolute Gasteiger partial charge is 0.493 e. The summed E-state index contributed by atoms with van der Waals surface area (Å²) in [6, 6.07) is 5.31. The third-order valence-electron chi connectivity index (χ3n) is 5.50. The predicted octanol–water partition coefficient (Wildman–Crippen LogP) is 3.60. The summed E-state index contributed by atoms with van der Waals surface area (Å²) in [5, 5.41) is 6.87. The van der Waals surface area contributed by atoms with Crippen LogP contribution in [0.25, 0.3) is 0 Å². The molecule has 1 saturated heterocycles. The first kappa shape index (κ1) is 20.4. The highest BCUT2D eigenvalue weighted by Gasteiger charge is 2.60. The van der Waals surface area contributed by atoms with E-state index in [1.54, 1.807) is 18.2 Å². The maximum Gasteiger partial charge on any atom is 0.403 e. The van der Waals surface area contributed by atoms with Gasteiger partial charge in [0.2, 0.25) is 5.89 Å². The smallest absolute Gasteiger partial charge is 0.403 e. The van der Waals surface area contributed by atoms with Crippen LogP contribution < -0.4 is 14.8 Å². The van der Waals surface area contributed by atoms with E-state index in [2.05, 4.69) is 15.5 Å². The zero-order valence-corrected chi connectivity index (χ0v) is 16.3. The molecule has 0 spiro atoms. The SMILES string of the molecule is COc1ccc(C(C)(C)c2noc(C3(C(F)(F)F)CCNCC3)n2)cc1OC. The molecule has 0 unspecified atom stereocenters. The standard InChI is InChI=1S/C19H24F3N3O3/c1-17(2,12-5-6-13(26-3)14(11-12)27-4)15-24-16(28-25-15)18(19(20,21)22)7-9-23-10-8-18/h5-6,11,23H,7-10H2,1-4H3. The molecule has 1 fully saturated rings. The minimum absolute atomic E-state index is 0.130. The molecule has 3 rings (SSSR count). The average Bonchev–Trinajstić information content (AvgIpc) is 3.18. The fraction of sp³-hybridized carbons (Fsp3) is 0.579. The average molecular weight is 399 g/mol. The molecule has 0 saturated carbocycles. The molecule has 1 aliphatic rings. The molecule has 28 heavy (non-hydrogen) atoms. The minimum atomic E-state index is -4.47. The first-order chi connectivity index (χ1) is 13.2. The van der Waals surface area contributed by atoms with Gasteiger partial charge in [0.15, 0.2) is 17.3 Å². The molecule has 1 aliphatic heterocycles. The molecule has 9 heteroatoms. The van der Waals surface area contributed by atoms with E-state index in [4.69, 9.17) is 14.0 Å². The summed E-state index contributed by atoms with van der Waals surface area (Å²) in [7, 11) is 3.05. The van der Waals surface area contributed by atoms with Gasteiger partial charge in [0, 0.05) is 0 Å². The first-order valence-corrected chi connectivity index (χ1v) is 9.00. The van der Waals surface area contributed by atoms with Crippen LogP contribution in [0.2, 0.25) is 0 Å². The van der Waals surface area contributed by atoms with Gasteiger partial charge in [0.1, 0.15) is 5.41 Å². The Morgan fingerprint density at radius 2 is 1.71 bits per heavy atom. The lowest BCUT2D eigenvalue weighted by Crippen LogP contribution is -2.50. The van der Waals surface area contributed by atoms with E-state index in [9.17, 15) is 13.2 Å². The highest BCUT2D eigenvalue weighted by Crippen LogP contribution is 2.47. The normalized spacial score (nSPS) is 17.4. The number of aromatic nitrogens is 2. The Hall–Kier alpha value is -2.29. The maximum absolute atomic E-state index is 13.9. The molecule has 0 atom stereocenters. The quantitative estimate of drug-likeness (QED) is 0.829. The molecule has 0 aliphatic carbocycles. The second-order valence-corrected chi connectivity index (χ2v) is 7.45. The van der Waals surface area contributed by atoms with E-state index in [-0.39, 0.29) is 37.6 Å². The third-order valence-corrected chi connectivity index (χ3v) is 5.50. The maximum atomic E-state index is 13.9. The number of hydrogen-bond acceptors (Lipinski definition) is 6. The summed E-state index contributed by atoms with van der Waals surface area (Å²) in [6.07, 6.45) is -4.73. The van der Waals surface area contributed by atoms with Crippen molar-refractivity contribution in [1.29, 1.82) is 0 Å². The second-order valence-electron chi connectivity index (χ2n) is 7.45. The number of nitrogens with zero attached hydrogens (tertiary/aromatic N) is 2. The summed E-state index contributed by atoms with van der Waals surface area (Å²) in [6.45, 7) is 4.14. The molecule has 1 aromatic heterocycles. The Labute approximate surface area is 161 Å². The van der Waals surface area contributed by atoms with E-state index in [0.29, 0.717) is 11.5 Å². The molecule has 0 radical (unpaired) electrons. The van der Waals surface area contributed by atoms with Crippen LogP contribution >= 0.6 is 0 Å². The van der Waals surface area contributed by atoms with Crippen molar-refractivity contribution >= 4 is 0 Å². The van der Waals surface area contributed by atoms with Gasteiger partial charge in [-0.1, -0.05) is 11.2 Å². The molecule has 2 heterocycles. The van der Waals surface area contributed by atoms with Crippen molar-refractivity contribution in [3.05, 3.63) is 35.5 Å². The van der Waals surface area contributed by atoms with Gasteiger partial charge in [-0.25, -0.2) is 0 Å². The molecular formula is C19H24F3N3O3. The van der Waals surface area contributed by atoms with Gasteiger partial charge in [0.05, 0.1) is 19.6 Å². The number of ether oxygens (including phenoxy) is 2. The van der Waals surface area contributed by atoms with Crippen LogP contribution in [0.1, 0.15) is 44.0 Å². The highest BCUT2D eigenvalue weighted by atomic mass is 19.4. The lowest BCUT2D eigenvalue weighted by Gasteiger charge is -2.35. The molecule has 1 aromatic carbocycles. The Balaban J connectivity index is 2.00. The predicted molar refractivity (Wildman–Crippen MR) is 95.8 cm³/mol. The van der Waals surface area contributed by atoms with Crippen LogP contribution in [0.4, 0.5) is 13.2 Å². The number of piperidine rings is 1. The Morgan fingerprint density at radius 1 is 1.07 bits per heavy atom. The van der Waals surface area contributed by atoms with Crippen LogP contribution in [-0.2, 0) is 10.8 Å². The summed E-state index contributed by atoms with van der Waals surface area (Å²) in [4.78, 5) is 4.22. The van der Waals surface area contributed by atoms with Gasteiger partial charge < -0.3 is 19.3 Å². The zero-order chi connectivity index (χ0) is 20.6. The van der Waals surface area contributed by atoms with E-state index in [0.717, 1.165) is 5.56 Å². The fourth-order valence-corrected chi connectivity index (χ4v) is 3.50. The number of hydrogen-bond donors (Lipinski definition) is 1. The van der Waals surface area contributed by atoms with Gasteiger partial charge in [-0.2, -0.15) is 18.2 Å². The van der Waals surface area contributed by atoms with E-state index < -0.39 is 17.0 Å². The molecule has 6 nitrogen and oxygen atoms in total. The van der Waals surface area contributed by atoms with Gasteiger partial charge >= 0.3 is 6.18 Å². The van der Waals surface area contributed by atoms with Crippen molar-refractivity contribution in [1.82, 2.24) is 15.5 Å². The van der Waals surface area contributed by atoms with E-state index in [1.165, 1.54) is 14.2 Å². The molecule has 0 amide bonds. The van der Waals surface area contributed by atoms with Crippen LogP contribution in [0.15, 0.2) is 22.7 Å². The number of benzene rings is 1. The van der Waals surface area contributed by atoms with Crippen molar-refractivity contribution in [2.45, 2.75) is 43.7 Å². The molecular weight excluding hydrogens is 375 g/mol. The first-order valence-electron chi connectivity index (χ1n) is 9.00. The summed E-state index contributed by atoms with van der Waals surface area (Å²) in [5.74, 6) is 0.894.